The maximum absolute atomic E-state index is 12.3. The Morgan fingerprint density at radius 3 is 2.48 bits per heavy atom. The first-order chi connectivity index (χ1) is 9.81. The van der Waals surface area contributed by atoms with Crippen LogP contribution in [0.2, 0.25) is 0 Å². The molecule has 0 fully saturated rings. The number of carbonyl (C=O) groups is 1. The molecule has 2 aromatic rings. The lowest BCUT2D eigenvalue weighted by molar-refractivity contribution is -0.119. The summed E-state index contributed by atoms with van der Waals surface area (Å²) in [6.45, 7) is 9.88. The van der Waals surface area contributed by atoms with E-state index in [1.165, 1.54) is 0 Å². The molecule has 1 unspecified atom stereocenters. The van der Waals surface area contributed by atoms with Crippen molar-refractivity contribution >= 4 is 27.5 Å². The number of rotatable bonds is 4. The molecule has 0 aliphatic carbocycles. The quantitative estimate of drug-likeness (QED) is 0.915. The molecule has 114 valence electrons. The Hall–Kier alpha value is -1.63. The summed E-state index contributed by atoms with van der Waals surface area (Å²) in [5.41, 5.74) is 3.28. The van der Waals surface area contributed by atoms with Crippen molar-refractivity contribution in [3.05, 3.63) is 27.3 Å². The van der Waals surface area contributed by atoms with Gasteiger partial charge in [-0.25, -0.2) is 0 Å². The van der Waals surface area contributed by atoms with Crippen LogP contribution < -0.4 is 5.32 Å². The van der Waals surface area contributed by atoms with Crippen LogP contribution in [0.5, 0.6) is 0 Å². The molecule has 0 bridgehead atoms. The number of nitrogens with zero attached hydrogens (tertiary/aromatic N) is 3. The van der Waals surface area contributed by atoms with Crippen molar-refractivity contribution in [1.82, 2.24) is 14.9 Å². The third kappa shape index (κ3) is 3.18. The van der Waals surface area contributed by atoms with Crippen LogP contribution in [0.3, 0.4) is 0 Å². The molecule has 7 heteroatoms. The summed E-state index contributed by atoms with van der Waals surface area (Å²) in [5, 5.41) is 11.1. The highest BCUT2D eigenvalue weighted by Crippen LogP contribution is 2.22. The smallest absolute Gasteiger partial charge is 0.229 e. The molecule has 1 amide bonds. The Morgan fingerprint density at radius 2 is 2.00 bits per heavy atom. The number of amides is 1. The lowest BCUT2D eigenvalue weighted by atomic mass is 10.1. The van der Waals surface area contributed by atoms with Crippen LogP contribution in [-0.4, -0.2) is 20.8 Å². The van der Waals surface area contributed by atoms with Gasteiger partial charge in [0, 0.05) is 5.69 Å². The number of hydrogen-bond acceptors (Lipinski definition) is 4. The van der Waals surface area contributed by atoms with E-state index >= 15 is 0 Å². The standard InChI is InChI=1S/C14H19BrN4O2/c1-7(6-19-10(4)12(15)8(2)17-19)14(20)16-13-9(3)18-21-11(13)5/h7H,6H2,1-5H3,(H,16,20). The number of anilines is 1. The number of carbonyl (C=O) groups excluding carboxylic acids is 1. The second kappa shape index (κ2) is 6.01. The third-order valence-electron chi connectivity index (χ3n) is 3.47. The monoisotopic (exact) mass is 354 g/mol. The van der Waals surface area contributed by atoms with Gasteiger partial charge in [0.25, 0.3) is 0 Å². The fourth-order valence-corrected chi connectivity index (χ4v) is 2.39. The number of halogens is 1. The molecule has 0 saturated carbocycles. The van der Waals surface area contributed by atoms with Gasteiger partial charge in [0.05, 0.1) is 22.6 Å². The second-order valence-electron chi connectivity index (χ2n) is 5.26. The van der Waals surface area contributed by atoms with E-state index in [2.05, 4.69) is 31.5 Å². The van der Waals surface area contributed by atoms with Gasteiger partial charge >= 0.3 is 0 Å². The van der Waals surface area contributed by atoms with Gasteiger partial charge < -0.3 is 9.84 Å². The Balaban J connectivity index is 2.08. The predicted molar refractivity (Wildman–Crippen MR) is 83.2 cm³/mol. The van der Waals surface area contributed by atoms with Crippen LogP contribution in [0.25, 0.3) is 0 Å². The van der Waals surface area contributed by atoms with Gasteiger partial charge in [-0.2, -0.15) is 5.10 Å². The zero-order valence-electron chi connectivity index (χ0n) is 12.8. The minimum Gasteiger partial charge on any atom is -0.359 e. The normalized spacial score (nSPS) is 12.5. The lowest BCUT2D eigenvalue weighted by Crippen LogP contribution is -2.25. The molecular weight excluding hydrogens is 336 g/mol. The van der Waals surface area contributed by atoms with Crippen LogP contribution in [0, 0.1) is 33.6 Å². The van der Waals surface area contributed by atoms with Crippen molar-refractivity contribution in [3.63, 3.8) is 0 Å². The molecule has 1 atom stereocenters. The Kier molecular flexibility index (Phi) is 4.51. The van der Waals surface area contributed by atoms with Gasteiger partial charge in [-0.05, 0) is 43.6 Å². The SMILES string of the molecule is Cc1nn(CC(C)C(=O)Nc2c(C)noc2C)c(C)c1Br. The molecule has 0 radical (unpaired) electrons. The molecule has 0 aromatic carbocycles. The van der Waals surface area contributed by atoms with Gasteiger partial charge in [0.2, 0.25) is 5.91 Å². The Labute approximate surface area is 132 Å². The summed E-state index contributed by atoms with van der Waals surface area (Å²) in [4.78, 5) is 12.3. The first-order valence-corrected chi connectivity index (χ1v) is 7.53. The second-order valence-corrected chi connectivity index (χ2v) is 6.05. The first-order valence-electron chi connectivity index (χ1n) is 6.74. The molecule has 2 rings (SSSR count). The fraction of sp³-hybridized carbons (Fsp3) is 0.500. The van der Waals surface area contributed by atoms with Crippen molar-refractivity contribution in [2.75, 3.05) is 5.32 Å². The van der Waals surface area contributed by atoms with E-state index in [-0.39, 0.29) is 11.8 Å². The van der Waals surface area contributed by atoms with Crippen LogP contribution in [0.4, 0.5) is 5.69 Å². The molecule has 2 heterocycles. The predicted octanol–water partition coefficient (Wildman–Crippen LogP) is 3.14. The summed E-state index contributed by atoms with van der Waals surface area (Å²) in [7, 11) is 0. The molecule has 0 aliphatic heterocycles. The third-order valence-corrected chi connectivity index (χ3v) is 4.62. The molecule has 21 heavy (non-hydrogen) atoms. The highest BCUT2D eigenvalue weighted by atomic mass is 79.9. The number of aromatic nitrogens is 3. The van der Waals surface area contributed by atoms with E-state index < -0.39 is 0 Å². The van der Waals surface area contributed by atoms with Gasteiger partial charge in [-0.1, -0.05) is 12.1 Å². The van der Waals surface area contributed by atoms with Crippen molar-refractivity contribution in [1.29, 1.82) is 0 Å². The van der Waals surface area contributed by atoms with Crippen molar-refractivity contribution in [2.24, 2.45) is 5.92 Å². The van der Waals surface area contributed by atoms with E-state index in [1.54, 1.807) is 13.8 Å². The van der Waals surface area contributed by atoms with E-state index in [4.69, 9.17) is 4.52 Å². The fourth-order valence-electron chi connectivity index (χ4n) is 2.10. The summed E-state index contributed by atoms with van der Waals surface area (Å²) < 4.78 is 7.88. The van der Waals surface area contributed by atoms with Gasteiger partial charge in [-0.15, -0.1) is 0 Å². The van der Waals surface area contributed by atoms with Crippen LogP contribution in [0.15, 0.2) is 9.00 Å². The van der Waals surface area contributed by atoms with Gasteiger partial charge in [0.1, 0.15) is 11.4 Å². The molecular formula is C14H19BrN4O2. The van der Waals surface area contributed by atoms with Crippen LogP contribution >= 0.6 is 15.9 Å². The Bertz CT molecular complexity index is 655. The van der Waals surface area contributed by atoms with Gasteiger partial charge in [-0.3, -0.25) is 9.48 Å². The maximum atomic E-state index is 12.3. The zero-order chi connectivity index (χ0) is 15.7. The topological polar surface area (TPSA) is 73.0 Å². The highest BCUT2D eigenvalue weighted by molar-refractivity contribution is 9.10. The lowest BCUT2D eigenvalue weighted by Gasteiger charge is -2.13. The van der Waals surface area contributed by atoms with Crippen LogP contribution in [0.1, 0.15) is 29.8 Å². The Morgan fingerprint density at radius 1 is 1.33 bits per heavy atom. The molecule has 1 N–H and O–H groups in total. The number of aryl methyl sites for hydroxylation is 3. The van der Waals surface area contributed by atoms with Gasteiger partial charge in [0.15, 0.2) is 5.76 Å². The average molecular weight is 355 g/mol. The first kappa shape index (κ1) is 15.8. The molecule has 0 saturated heterocycles. The van der Waals surface area contributed by atoms with Crippen molar-refractivity contribution in [3.8, 4) is 0 Å². The van der Waals surface area contributed by atoms with E-state index in [0.717, 1.165) is 15.9 Å². The molecule has 6 nitrogen and oxygen atoms in total. The average Bonchev–Trinajstić information content (AvgIpc) is 2.87. The van der Waals surface area contributed by atoms with E-state index in [9.17, 15) is 4.79 Å². The summed E-state index contributed by atoms with van der Waals surface area (Å²) in [6, 6.07) is 0. The van der Waals surface area contributed by atoms with Crippen LogP contribution in [-0.2, 0) is 11.3 Å². The summed E-state index contributed by atoms with van der Waals surface area (Å²) >= 11 is 3.49. The highest BCUT2D eigenvalue weighted by Gasteiger charge is 2.20. The minimum atomic E-state index is -0.219. The minimum absolute atomic E-state index is 0.0759. The largest absolute Gasteiger partial charge is 0.359 e. The maximum Gasteiger partial charge on any atom is 0.229 e. The van der Waals surface area contributed by atoms with E-state index in [0.29, 0.717) is 23.7 Å². The summed E-state index contributed by atoms with van der Waals surface area (Å²) in [5.74, 6) is 0.318. The zero-order valence-corrected chi connectivity index (χ0v) is 14.4. The number of hydrogen-bond donors (Lipinski definition) is 1. The summed E-state index contributed by atoms with van der Waals surface area (Å²) in [6.07, 6.45) is 0. The van der Waals surface area contributed by atoms with E-state index in [1.807, 2.05) is 25.5 Å². The number of nitrogens with one attached hydrogen (secondary N) is 1. The molecule has 2 aromatic heterocycles. The van der Waals surface area contributed by atoms with Crippen molar-refractivity contribution < 1.29 is 9.32 Å². The molecule has 0 aliphatic rings. The van der Waals surface area contributed by atoms with Crippen molar-refractivity contribution in [2.45, 2.75) is 41.2 Å². The molecule has 0 spiro atoms.